The summed E-state index contributed by atoms with van der Waals surface area (Å²) in [5, 5.41) is 0. The molecule has 1 amide bonds. The summed E-state index contributed by atoms with van der Waals surface area (Å²) in [5.41, 5.74) is 6.77. The number of unbranched alkanes of at least 4 members (excludes halogenated alkanes) is 1. The smallest absolute Gasteiger partial charge is 0.243 e. The molecule has 0 fully saturated rings. The van der Waals surface area contributed by atoms with E-state index in [2.05, 4.69) is 11.9 Å². The zero-order valence-electron chi connectivity index (χ0n) is 10.6. The second-order valence-corrected chi connectivity index (χ2v) is 4.04. The minimum atomic E-state index is -0.400. The van der Waals surface area contributed by atoms with Gasteiger partial charge in [0.15, 0.2) is 0 Å². The van der Waals surface area contributed by atoms with Crippen molar-refractivity contribution in [1.82, 2.24) is 4.98 Å². The molecule has 0 aromatic carbocycles. The van der Waals surface area contributed by atoms with Gasteiger partial charge in [-0.2, -0.15) is 0 Å². The van der Waals surface area contributed by atoms with Crippen molar-refractivity contribution in [2.45, 2.75) is 39.2 Å². The van der Waals surface area contributed by atoms with Gasteiger partial charge in [0.1, 0.15) is 0 Å². The number of carbonyl (C=O) groups is 1. The van der Waals surface area contributed by atoms with Crippen LogP contribution in [0, 0.1) is 0 Å². The van der Waals surface area contributed by atoms with Crippen molar-refractivity contribution in [1.29, 1.82) is 0 Å². The van der Waals surface area contributed by atoms with Gasteiger partial charge in [0.25, 0.3) is 0 Å². The number of hydrogen-bond donors (Lipinski definition) is 1. The van der Waals surface area contributed by atoms with Crippen molar-refractivity contribution in [3.05, 3.63) is 24.5 Å². The van der Waals surface area contributed by atoms with Crippen molar-refractivity contribution in [3.63, 3.8) is 0 Å². The van der Waals surface area contributed by atoms with Gasteiger partial charge in [-0.3, -0.25) is 9.78 Å². The molecule has 0 saturated carbocycles. The Bertz CT molecular complexity index is 340. The van der Waals surface area contributed by atoms with Crippen LogP contribution in [0.15, 0.2) is 24.5 Å². The molecule has 0 aliphatic carbocycles. The quantitative estimate of drug-likeness (QED) is 0.820. The maximum absolute atomic E-state index is 12.2. The third-order valence-electron chi connectivity index (χ3n) is 2.74. The Morgan fingerprint density at radius 1 is 1.41 bits per heavy atom. The molecule has 0 radical (unpaired) electrons. The summed E-state index contributed by atoms with van der Waals surface area (Å²) in [7, 11) is 0. The van der Waals surface area contributed by atoms with Gasteiger partial charge in [-0.05, 0) is 25.5 Å². The van der Waals surface area contributed by atoms with Crippen LogP contribution < -0.4 is 10.6 Å². The van der Waals surface area contributed by atoms with Gasteiger partial charge in [-0.25, -0.2) is 0 Å². The molecule has 1 heterocycles. The van der Waals surface area contributed by atoms with E-state index in [9.17, 15) is 4.79 Å². The number of nitrogens with two attached hydrogens (primary N) is 1. The summed E-state index contributed by atoms with van der Waals surface area (Å²) in [4.78, 5) is 17.8. The van der Waals surface area contributed by atoms with Crippen molar-refractivity contribution in [3.8, 4) is 0 Å². The lowest BCUT2D eigenvalue weighted by Gasteiger charge is -2.24. The number of likely N-dealkylation sites (N-methyl/N-ethyl adjacent to an activating group) is 1. The molecule has 0 spiro atoms. The Balaban J connectivity index is 2.71. The molecule has 1 aromatic heterocycles. The molecule has 0 aliphatic rings. The van der Waals surface area contributed by atoms with E-state index in [-0.39, 0.29) is 5.91 Å². The molecule has 94 valence electrons. The second-order valence-electron chi connectivity index (χ2n) is 4.04. The summed E-state index contributed by atoms with van der Waals surface area (Å²) in [5.74, 6) is -0.00727. The number of carbonyl (C=O) groups excluding carboxylic acids is 1. The third-order valence-corrected chi connectivity index (χ3v) is 2.74. The van der Waals surface area contributed by atoms with Crippen LogP contribution in [0.25, 0.3) is 0 Å². The van der Waals surface area contributed by atoms with E-state index in [0.717, 1.165) is 24.9 Å². The summed E-state index contributed by atoms with van der Waals surface area (Å²) >= 11 is 0. The summed E-state index contributed by atoms with van der Waals surface area (Å²) in [6, 6.07) is 3.25. The lowest BCUT2D eigenvalue weighted by atomic mass is 10.1. The van der Waals surface area contributed by atoms with Gasteiger partial charge >= 0.3 is 0 Å². The monoisotopic (exact) mass is 235 g/mol. The van der Waals surface area contributed by atoms with Crippen molar-refractivity contribution in [2.75, 3.05) is 11.4 Å². The van der Waals surface area contributed by atoms with Gasteiger partial charge in [0.2, 0.25) is 5.91 Å². The Morgan fingerprint density at radius 2 is 2.06 bits per heavy atom. The van der Waals surface area contributed by atoms with Crippen LogP contribution in [-0.2, 0) is 4.79 Å². The maximum Gasteiger partial charge on any atom is 0.243 e. The minimum Gasteiger partial charge on any atom is -0.320 e. The van der Waals surface area contributed by atoms with Crippen LogP contribution in [0.2, 0.25) is 0 Å². The van der Waals surface area contributed by atoms with Gasteiger partial charge in [-0.15, -0.1) is 0 Å². The van der Waals surface area contributed by atoms with E-state index in [1.165, 1.54) is 0 Å². The van der Waals surface area contributed by atoms with Crippen LogP contribution in [0.5, 0.6) is 0 Å². The fourth-order valence-corrected chi connectivity index (χ4v) is 1.74. The van der Waals surface area contributed by atoms with E-state index in [0.29, 0.717) is 6.54 Å². The predicted octanol–water partition coefficient (Wildman–Crippen LogP) is 1.95. The number of rotatable bonds is 6. The van der Waals surface area contributed by atoms with E-state index in [1.807, 2.05) is 19.1 Å². The molecule has 2 N–H and O–H groups in total. The zero-order chi connectivity index (χ0) is 12.7. The average molecular weight is 235 g/mol. The topological polar surface area (TPSA) is 59.2 Å². The molecule has 4 heteroatoms. The first-order chi connectivity index (χ1) is 8.20. The van der Waals surface area contributed by atoms with E-state index in [4.69, 9.17) is 5.73 Å². The van der Waals surface area contributed by atoms with Crippen LogP contribution in [0.1, 0.15) is 33.1 Å². The average Bonchev–Trinajstić information content (AvgIpc) is 2.38. The molecule has 0 saturated heterocycles. The normalized spacial score (nSPS) is 12.2. The lowest BCUT2D eigenvalue weighted by Crippen LogP contribution is -2.43. The van der Waals surface area contributed by atoms with E-state index >= 15 is 0 Å². The van der Waals surface area contributed by atoms with Crippen LogP contribution in [-0.4, -0.2) is 23.5 Å². The van der Waals surface area contributed by atoms with Gasteiger partial charge in [0, 0.05) is 24.6 Å². The molecular formula is C13H21N3O. The first-order valence-corrected chi connectivity index (χ1v) is 6.17. The van der Waals surface area contributed by atoms with Gasteiger partial charge < -0.3 is 10.6 Å². The van der Waals surface area contributed by atoms with Crippen LogP contribution in [0.3, 0.4) is 0 Å². The van der Waals surface area contributed by atoms with Crippen molar-refractivity contribution >= 4 is 11.6 Å². The maximum atomic E-state index is 12.2. The van der Waals surface area contributed by atoms with Crippen LogP contribution >= 0.6 is 0 Å². The first kappa shape index (κ1) is 13.6. The molecule has 1 atom stereocenters. The standard InChI is InChI=1S/C13H21N3O/c1-3-5-6-12(14)13(17)16(4-2)11-7-9-15-10-8-11/h7-10,12H,3-6,14H2,1-2H3. The highest BCUT2D eigenvalue weighted by atomic mass is 16.2. The number of aromatic nitrogens is 1. The lowest BCUT2D eigenvalue weighted by molar-refractivity contribution is -0.119. The Kier molecular flexibility index (Phi) is 5.63. The molecular weight excluding hydrogens is 214 g/mol. The zero-order valence-corrected chi connectivity index (χ0v) is 10.6. The predicted molar refractivity (Wildman–Crippen MR) is 69.8 cm³/mol. The number of hydrogen-bond acceptors (Lipinski definition) is 3. The largest absolute Gasteiger partial charge is 0.320 e. The third kappa shape index (κ3) is 3.82. The molecule has 1 aromatic rings. The molecule has 1 rings (SSSR count). The molecule has 4 nitrogen and oxygen atoms in total. The Labute approximate surface area is 103 Å². The van der Waals surface area contributed by atoms with E-state index < -0.39 is 6.04 Å². The molecule has 17 heavy (non-hydrogen) atoms. The highest BCUT2D eigenvalue weighted by Crippen LogP contribution is 2.14. The summed E-state index contributed by atoms with van der Waals surface area (Å²) in [6.07, 6.45) is 6.16. The Morgan fingerprint density at radius 3 is 2.59 bits per heavy atom. The highest BCUT2D eigenvalue weighted by Gasteiger charge is 2.20. The molecule has 1 unspecified atom stereocenters. The summed E-state index contributed by atoms with van der Waals surface area (Å²) in [6.45, 7) is 4.67. The van der Waals surface area contributed by atoms with Gasteiger partial charge in [-0.1, -0.05) is 19.8 Å². The van der Waals surface area contributed by atoms with Gasteiger partial charge in [0.05, 0.1) is 6.04 Å². The Hall–Kier alpha value is -1.42. The minimum absolute atomic E-state index is 0.00727. The number of nitrogens with zero attached hydrogens (tertiary/aromatic N) is 2. The number of anilines is 1. The van der Waals surface area contributed by atoms with Crippen LogP contribution in [0.4, 0.5) is 5.69 Å². The SMILES string of the molecule is CCCCC(N)C(=O)N(CC)c1ccncc1. The van der Waals surface area contributed by atoms with Crippen molar-refractivity contribution < 1.29 is 4.79 Å². The van der Waals surface area contributed by atoms with Crippen molar-refractivity contribution in [2.24, 2.45) is 5.73 Å². The molecule has 0 aliphatic heterocycles. The first-order valence-electron chi connectivity index (χ1n) is 6.17. The number of amides is 1. The fourth-order valence-electron chi connectivity index (χ4n) is 1.74. The highest BCUT2D eigenvalue weighted by molar-refractivity contribution is 5.96. The number of pyridine rings is 1. The second kappa shape index (κ2) is 7.01. The fraction of sp³-hybridized carbons (Fsp3) is 0.538. The molecule has 0 bridgehead atoms. The van der Waals surface area contributed by atoms with E-state index in [1.54, 1.807) is 17.3 Å². The summed E-state index contributed by atoms with van der Waals surface area (Å²) < 4.78 is 0.